The molecule has 0 amide bonds. The standard InChI is InChI=1S/C14H10N4/c15-13-11-6-10-5-8-3-1-2-4-9(8)7-12(10)16-14(11)18-17-13/h1-7H,(H3,15,16,17,18). The second kappa shape index (κ2) is 3.20. The van der Waals surface area contributed by atoms with Gasteiger partial charge in [0, 0.05) is 5.39 Å². The molecular formula is C14H10N4. The lowest BCUT2D eigenvalue weighted by molar-refractivity contribution is 1.11. The van der Waals surface area contributed by atoms with E-state index >= 15 is 0 Å². The maximum Gasteiger partial charge on any atom is 0.183 e. The van der Waals surface area contributed by atoms with Gasteiger partial charge < -0.3 is 5.73 Å². The minimum Gasteiger partial charge on any atom is -0.384 e. The van der Waals surface area contributed by atoms with Gasteiger partial charge in [0.15, 0.2) is 5.65 Å². The van der Waals surface area contributed by atoms with E-state index in [-0.39, 0.29) is 0 Å². The fourth-order valence-electron chi connectivity index (χ4n) is 2.31. The Morgan fingerprint density at radius 1 is 0.944 bits per heavy atom. The fraction of sp³-hybridized carbons (Fsp3) is 0. The number of aromatic amines is 1. The third-order valence-electron chi connectivity index (χ3n) is 3.23. The molecule has 0 aliphatic rings. The Labute approximate surface area is 102 Å². The monoisotopic (exact) mass is 234 g/mol. The first-order valence-corrected chi connectivity index (χ1v) is 5.74. The zero-order chi connectivity index (χ0) is 12.1. The Hall–Kier alpha value is -2.62. The highest BCUT2D eigenvalue weighted by Crippen LogP contribution is 2.26. The van der Waals surface area contributed by atoms with E-state index in [2.05, 4.69) is 39.4 Å². The Kier molecular flexibility index (Phi) is 1.67. The maximum absolute atomic E-state index is 5.82. The third-order valence-corrected chi connectivity index (χ3v) is 3.23. The van der Waals surface area contributed by atoms with Crippen LogP contribution in [-0.4, -0.2) is 15.2 Å². The molecule has 0 saturated carbocycles. The van der Waals surface area contributed by atoms with Crippen LogP contribution in [0, 0.1) is 0 Å². The van der Waals surface area contributed by atoms with Crippen molar-refractivity contribution in [3.8, 4) is 0 Å². The van der Waals surface area contributed by atoms with Gasteiger partial charge in [0.05, 0.1) is 10.9 Å². The highest BCUT2D eigenvalue weighted by Gasteiger charge is 2.06. The van der Waals surface area contributed by atoms with E-state index in [1.165, 1.54) is 10.8 Å². The van der Waals surface area contributed by atoms with Crippen molar-refractivity contribution < 1.29 is 0 Å². The molecule has 2 heterocycles. The van der Waals surface area contributed by atoms with Gasteiger partial charge in [0.25, 0.3) is 0 Å². The minimum absolute atomic E-state index is 0.563. The first-order valence-electron chi connectivity index (χ1n) is 5.74. The molecule has 0 spiro atoms. The molecule has 2 aromatic carbocycles. The van der Waals surface area contributed by atoms with Gasteiger partial charge >= 0.3 is 0 Å². The van der Waals surface area contributed by atoms with E-state index in [1.54, 1.807) is 0 Å². The molecule has 86 valence electrons. The van der Waals surface area contributed by atoms with Gasteiger partial charge in [-0.15, -0.1) is 0 Å². The number of benzene rings is 2. The van der Waals surface area contributed by atoms with Gasteiger partial charge in [-0.05, 0) is 29.0 Å². The van der Waals surface area contributed by atoms with Crippen LogP contribution in [0.15, 0.2) is 42.5 Å². The summed E-state index contributed by atoms with van der Waals surface area (Å²) < 4.78 is 0. The van der Waals surface area contributed by atoms with Crippen LogP contribution < -0.4 is 5.73 Å². The van der Waals surface area contributed by atoms with Gasteiger partial charge in [0.1, 0.15) is 5.82 Å². The topological polar surface area (TPSA) is 67.6 Å². The van der Waals surface area contributed by atoms with E-state index in [4.69, 9.17) is 5.73 Å². The zero-order valence-corrected chi connectivity index (χ0v) is 9.51. The second-order valence-corrected chi connectivity index (χ2v) is 4.39. The zero-order valence-electron chi connectivity index (χ0n) is 9.51. The Morgan fingerprint density at radius 3 is 2.56 bits per heavy atom. The first-order chi connectivity index (χ1) is 8.81. The molecule has 0 atom stereocenters. The van der Waals surface area contributed by atoms with Crippen LogP contribution in [0.5, 0.6) is 0 Å². The Morgan fingerprint density at radius 2 is 1.72 bits per heavy atom. The highest BCUT2D eigenvalue weighted by molar-refractivity contribution is 6.02. The molecule has 0 radical (unpaired) electrons. The SMILES string of the molecule is Nc1[nH]nc2nc3cc4ccccc4cc3cc12. The van der Waals surface area contributed by atoms with Crippen LogP contribution in [0.4, 0.5) is 5.82 Å². The molecule has 0 saturated heterocycles. The first kappa shape index (κ1) is 9.41. The molecule has 4 nitrogen and oxygen atoms in total. The molecule has 4 heteroatoms. The van der Waals surface area contributed by atoms with E-state index < -0.39 is 0 Å². The molecule has 18 heavy (non-hydrogen) atoms. The van der Waals surface area contributed by atoms with E-state index in [1.807, 2.05) is 18.2 Å². The van der Waals surface area contributed by atoms with E-state index in [0.29, 0.717) is 11.5 Å². The summed E-state index contributed by atoms with van der Waals surface area (Å²) in [7, 11) is 0. The molecule has 3 N–H and O–H groups in total. The number of nitrogens with two attached hydrogens (primary N) is 1. The average Bonchev–Trinajstić information content (AvgIpc) is 2.75. The minimum atomic E-state index is 0.563. The van der Waals surface area contributed by atoms with Gasteiger partial charge in [-0.2, -0.15) is 5.10 Å². The predicted octanol–water partition coefficient (Wildman–Crippen LogP) is 2.85. The molecule has 0 aliphatic heterocycles. The quantitative estimate of drug-likeness (QED) is 0.460. The average molecular weight is 234 g/mol. The number of anilines is 1. The lowest BCUT2D eigenvalue weighted by Crippen LogP contribution is -1.85. The Bertz CT molecular complexity index is 892. The summed E-state index contributed by atoms with van der Waals surface area (Å²) in [5.41, 5.74) is 7.42. The van der Waals surface area contributed by atoms with Crippen molar-refractivity contribution in [2.75, 3.05) is 5.73 Å². The third kappa shape index (κ3) is 1.20. The maximum atomic E-state index is 5.82. The van der Waals surface area contributed by atoms with E-state index in [0.717, 1.165) is 16.3 Å². The summed E-state index contributed by atoms with van der Waals surface area (Å²) in [6, 6.07) is 14.5. The van der Waals surface area contributed by atoms with Crippen LogP contribution in [-0.2, 0) is 0 Å². The van der Waals surface area contributed by atoms with E-state index in [9.17, 15) is 0 Å². The van der Waals surface area contributed by atoms with Crippen molar-refractivity contribution in [2.45, 2.75) is 0 Å². The number of H-pyrrole nitrogens is 1. The molecule has 0 fully saturated rings. The molecule has 4 aromatic rings. The van der Waals surface area contributed by atoms with Gasteiger partial charge in [-0.3, -0.25) is 5.10 Å². The number of nitrogens with zero attached hydrogens (tertiary/aromatic N) is 2. The Balaban J connectivity index is 2.21. The van der Waals surface area contributed by atoms with Crippen molar-refractivity contribution in [3.05, 3.63) is 42.5 Å². The summed E-state index contributed by atoms with van der Waals surface area (Å²) in [6.07, 6.45) is 0. The van der Waals surface area contributed by atoms with Gasteiger partial charge in [0.2, 0.25) is 0 Å². The molecule has 4 rings (SSSR count). The second-order valence-electron chi connectivity index (χ2n) is 4.39. The summed E-state index contributed by atoms with van der Waals surface area (Å²) in [6.45, 7) is 0. The number of nitrogens with one attached hydrogen (secondary N) is 1. The summed E-state index contributed by atoms with van der Waals surface area (Å²) >= 11 is 0. The molecule has 2 aromatic heterocycles. The summed E-state index contributed by atoms with van der Waals surface area (Å²) in [5.74, 6) is 0.563. The van der Waals surface area contributed by atoms with Gasteiger partial charge in [-0.1, -0.05) is 24.3 Å². The number of pyridine rings is 1. The number of nitrogen functional groups attached to an aromatic ring is 1. The molecule has 0 bridgehead atoms. The summed E-state index contributed by atoms with van der Waals surface area (Å²) in [5, 5.41) is 11.2. The van der Waals surface area contributed by atoms with Crippen LogP contribution in [0.3, 0.4) is 0 Å². The van der Waals surface area contributed by atoms with Gasteiger partial charge in [-0.25, -0.2) is 4.98 Å². The normalized spacial score (nSPS) is 11.6. The van der Waals surface area contributed by atoms with Crippen molar-refractivity contribution in [1.82, 2.24) is 15.2 Å². The van der Waals surface area contributed by atoms with Crippen LogP contribution in [0.25, 0.3) is 32.7 Å². The number of fused-ring (bicyclic) bond motifs is 3. The molecule has 0 unspecified atom stereocenters. The molecular weight excluding hydrogens is 224 g/mol. The predicted molar refractivity (Wildman–Crippen MR) is 73.3 cm³/mol. The van der Waals surface area contributed by atoms with Crippen molar-refractivity contribution in [3.63, 3.8) is 0 Å². The number of rotatable bonds is 0. The number of aromatic nitrogens is 3. The lowest BCUT2D eigenvalue weighted by Gasteiger charge is -2.01. The van der Waals surface area contributed by atoms with Crippen LogP contribution in [0.2, 0.25) is 0 Å². The van der Waals surface area contributed by atoms with Crippen LogP contribution in [0.1, 0.15) is 0 Å². The number of hydrogen-bond donors (Lipinski definition) is 2. The molecule has 0 aliphatic carbocycles. The lowest BCUT2D eigenvalue weighted by atomic mass is 10.1. The summed E-state index contributed by atoms with van der Waals surface area (Å²) in [4.78, 5) is 4.53. The van der Waals surface area contributed by atoms with Crippen molar-refractivity contribution >= 4 is 38.5 Å². The van der Waals surface area contributed by atoms with Crippen LogP contribution >= 0.6 is 0 Å². The van der Waals surface area contributed by atoms with Crippen molar-refractivity contribution in [1.29, 1.82) is 0 Å². The highest BCUT2D eigenvalue weighted by atomic mass is 15.2. The smallest absolute Gasteiger partial charge is 0.183 e. The number of hydrogen-bond acceptors (Lipinski definition) is 3. The van der Waals surface area contributed by atoms with Crippen molar-refractivity contribution in [2.24, 2.45) is 0 Å². The largest absolute Gasteiger partial charge is 0.384 e. The fourth-order valence-corrected chi connectivity index (χ4v) is 2.31.